The van der Waals surface area contributed by atoms with Gasteiger partial charge in [0.05, 0.1) is 18.8 Å². The Morgan fingerprint density at radius 1 is 1.62 bits per heavy atom. The molecular weight excluding hydrogens is 168 g/mol. The molecule has 0 radical (unpaired) electrons. The van der Waals surface area contributed by atoms with E-state index in [0.717, 1.165) is 13.2 Å². The third kappa shape index (κ3) is 3.23. The second-order valence-corrected chi connectivity index (χ2v) is 3.84. The van der Waals surface area contributed by atoms with E-state index < -0.39 is 6.10 Å². The van der Waals surface area contributed by atoms with Gasteiger partial charge in [-0.25, -0.2) is 0 Å². The summed E-state index contributed by atoms with van der Waals surface area (Å²) in [4.78, 5) is 2.23. The molecule has 3 N–H and O–H groups in total. The van der Waals surface area contributed by atoms with E-state index in [1.54, 1.807) is 0 Å². The molecule has 4 nitrogen and oxygen atoms in total. The highest BCUT2D eigenvalue weighted by atomic mass is 16.5. The summed E-state index contributed by atoms with van der Waals surface area (Å²) in [5, 5.41) is 9.41. The third-order valence-electron chi connectivity index (χ3n) is 2.45. The Morgan fingerprint density at radius 3 is 2.92 bits per heavy atom. The molecule has 0 saturated carbocycles. The van der Waals surface area contributed by atoms with Gasteiger partial charge in [0.2, 0.25) is 0 Å². The second-order valence-electron chi connectivity index (χ2n) is 3.84. The summed E-state index contributed by atoms with van der Waals surface area (Å²) >= 11 is 0. The van der Waals surface area contributed by atoms with Crippen LogP contribution in [-0.2, 0) is 4.74 Å². The van der Waals surface area contributed by atoms with Crippen LogP contribution in [0.2, 0.25) is 0 Å². The second kappa shape index (κ2) is 4.91. The zero-order valence-electron chi connectivity index (χ0n) is 8.44. The van der Waals surface area contributed by atoms with Crippen LogP contribution >= 0.6 is 0 Å². The molecule has 0 amide bonds. The highest BCUT2D eigenvalue weighted by molar-refractivity contribution is 4.77. The molecular formula is C9H20N2O2. The molecule has 3 atom stereocenters. The summed E-state index contributed by atoms with van der Waals surface area (Å²) in [6, 6.07) is 0.386. The summed E-state index contributed by atoms with van der Waals surface area (Å²) < 4.78 is 5.48. The van der Waals surface area contributed by atoms with E-state index in [2.05, 4.69) is 11.8 Å². The molecule has 0 aromatic rings. The molecule has 0 bridgehead atoms. The van der Waals surface area contributed by atoms with Gasteiger partial charge >= 0.3 is 0 Å². The molecule has 1 fully saturated rings. The number of hydrogen-bond acceptors (Lipinski definition) is 4. The fourth-order valence-electron chi connectivity index (χ4n) is 1.57. The molecule has 1 aliphatic rings. The number of morpholine rings is 1. The predicted molar refractivity (Wildman–Crippen MR) is 51.5 cm³/mol. The quantitative estimate of drug-likeness (QED) is 0.622. The van der Waals surface area contributed by atoms with Crippen molar-refractivity contribution in [3.05, 3.63) is 0 Å². The maximum atomic E-state index is 9.41. The van der Waals surface area contributed by atoms with Crippen LogP contribution in [0.25, 0.3) is 0 Å². The fourth-order valence-corrected chi connectivity index (χ4v) is 1.57. The molecule has 1 heterocycles. The van der Waals surface area contributed by atoms with Crippen LogP contribution in [0.15, 0.2) is 0 Å². The molecule has 0 aromatic heterocycles. The van der Waals surface area contributed by atoms with Crippen molar-refractivity contribution in [2.45, 2.75) is 32.1 Å². The SMILES string of the molecule is CC1CN(C[C@@H](O)CN)C(C)CO1. The monoisotopic (exact) mass is 188 g/mol. The molecule has 1 rings (SSSR count). The van der Waals surface area contributed by atoms with E-state index >= 15 is 0 Å². The third-order valence-corrected chi connectivity index (χ3v) is 2.45. The van der Waals surface area contributed by atoms with E-state index in [0.29, 0.717) is 19.1 Å². The van der Waals surface area contributed by atoms with E-state index in [-0.39, 0.29) is 6.10 Å². The van der Waals surface area contributed by atoms with Crippen molar-refractivity contribution in [2.24, 2.45) is 5.73 Å². The Balaban J connectivity index is 2.37. The van der Waals surface area contributed by atoms with Gasteiger partial charge in [-0.1, -0.05) is 0 Å². The largest absolute Gasteiger partial charge is 0.390 e. The number of nitrogens with two attached hydrogens (primary N) is 1. The topological polar surface area (TPSA) is 58.7 Å². The average molecular weight is 188 g/mol. The van der Waals surface area contributed by atoms with Crippen LogP contribution in [-0.4, -0.2) is 54.5 Å². The lowest BCUT2D eigenvalue weighted by molar-refractivity contribution is -0.0607. The standard InChI is InChI=1S/C9H20N2O2/c1-7-6-13-8(2)4-11(7)5-9(12)3-10/h7-9,12H,3-6,10H2,1-2H3/t7?,8?,9-/m0/s1. The molecule has 1 aliphatic heterocycles. The number of hydrogen-bond donors (Lipinski definition) is 2. The predicted octanol–water partition coefficient (Wildman–Crippen LogP) is -0.585. The first-order valence-electron chi connectivity index (χ1n) is 4.87. The minimum absolute atomic E-state index is 0.265. The molecule has 78 valence electrons. The minimum atomic E-state index is -0.409. The van der Waals surface area contributed by atoms with Gasteiger partial charge in [-0.15, -0.1) is 0 Å². The van der Waals surface area contributed by atoms with Crippen LogP contribution in [0.4, 0.5) is 0 Å². The van der Waals surface area contributed by atoms with Gasteiger partial charge < -0.3 is 15.6 Å². The highest BCUT2D eigenvalue weighted by Crippen LogP contribution is 2.11. The van der Waals surface area contributed by atoms with Gasteiger partial charge in [0.1, 0.15) is 0 Å². The van der Waals surface area contributed by atoms with Gasteiger partial charge in [0.25, 0.3) is 0 Å². The van der Waals surface area contributed by atoms with Crippen LogP contribution in [0, 0.1) is 0 Å². The van der Waals surface area contributed by atoms with Crippen LogP contribution < -0.4 is 5.73 Å². The minimum Gasteiger partial charge on any atom is -0.390 e. The maximum absolute atomic E-state index is 9.41. The van der Waals surface area contributed by atoms with Gasteiger partial charge in [-0.2, -0.15) is 0 Å². The number of aliphatic hydroxyl groups excluding tert-OH is 1. The fraction of sp³-hybridized carbons (Fsp3) is 1.00. The normalized spacial score (nSPS) is 33.2. The van der Waals surface area contributed by atoms with E-state index in [1.807, 2.05) is 6.92 Å². The Morgan fingerprint density at radius 2 is 2.31 bits per heavy atom. The van der Waals surface area contributed by atoms with Crippen molar-refractivity contribution in [3.63, 3.8) is 0 Å². The lowest BCUT2D eigenvalue weighted by Crippen LogP contribution is -2.50. The Bertz CT molecular complexity index is 155. The van der Waals surface area contributed by atoms with Crippen LogP contribution in [0.3, 0.4) is 0 Å². The molecule has 13 heavy (non-hydrogen) atoms. The van der Waals surface area contributed by atoms with E-state index in [9.17, 15) is 5.11 Å². The molecule has 0 aromatic carbocycles. The lowest BCUT2D eigenvalue weighted by Gasteiger charge is -2.37. The highest BCUT2D eigenvalue weighted by Gasteiger charge is 2.24. The Kier molecular flexibility index (Phi) is 4.12. The van der Waals surface area contributed by atoms with Crippen molar-refractivity contribution >= 4 is 0 Å². The molecule has 0 spiro atoms. The van der Waals surface area contributed by atoms with Crippen molar-refractivity contribution in [3.8, 4) is 0 Å². The Labute approximate surface area is 79.7 Å². The number of β-amino-alcohol motifs (C(OH)–C–C–N with tert-alkyl or cyclic N) is 1. The Hall–Kier alpha value is -0.160. The van der Waals surface area contributed by atoms with Gasteiger partial charge in [-0.05, 0) is 13.8 Å². The van der Waals surface area contributed by atoms with Crippen LogP contribution in [0.1, 0.15) is 13.8 Å². The van der Waals surface area contributed by atoms with E-state index in [4.69, 9.17) is 10.5 Å². The summed E-state index contributed by atoms with van der Waals surface area (Å²) in [6.45, 7) is 6.78. The van der Waals surface area contributed by atoms with Crippen molar-refractivity contribution < 1.29 is 9.84 Å². The van der Waals surface area contributed by atoms with Crippen molar-refractivity contribution in [1.29, 1.82) is 0 Å². The number of rotatable bonds is 3. The number of nitrogens with zero attached hydrogens (tertiary/aromatic N) is 1. The average Bonchev–Trinajstić information content (AvgIpc) is 2.11. The van der Waals surface area contributed by atoms with Crippen LogP contribution in [0.5, 0.6) is 0 Å². The van der Waals surface area contributed by atoms with Gasteiger partial charge in [0, 0.05) is 25.7 Å². The summed E-state index contributed by atoms with van der Waals surface area (Å²) in [6.07, 6.45) is -0.145. The van der Waals surface area contributed by atoms with Gasteiger partial charge in [0.15, 0.2) is 0 Å². The number of aliphatic hydroxyl groups is 1. The van der Waals surface area contributed by atoms with Crippen molar-refractivity contribution in [1.82, 2.24) is 4.90 Å². The lowest BCUT2D eigenvalue weighted by atomic mass is 10.2. The van der Waals surface area contributed by atoms with Gasteiger partial charge in [-0.3, -0.25) is 4.90 Å². The zero-order valence-corrected chi connectivity index (χ0v) is 8.44. The summed E-state index contributed by atoms with van der Waals surface area (Å²) in [5.74, 6) is 0. The molecule has 4 heteroatoms. The number of ether oxygens (including phenoxy) is 1. The first kappa shape index (κ1) is 10.9. The van der Waals surface area contributed by atoms with E-state index in [1.165, 1.54) is 0 Å². The van der Waals surface area contributed by atoms with Crippen molar-refractivity contribution in [2.75, 3.05) is 26.2 Å². The molecule has 0 aliphatic carbocycles. The smallest absolute Gasteiger partial charge is 0.0789 e. The maximum Gasteiger partial charge on any atom is 0.0789 e. The first-order valence-corrected chi connectivity index (χ1v) is 4.87. The summed E-state index contributed by atoms with van der Waals surface area (Å²) in [5.41, 5.74) is 5.36. The molecule has 2 unspecified atom stereocenters. The summed E-state index contributed by atoms with van der Waals surface area (Å²) in [7, 11) is 0. The molecule has 1 saturated heterocycles. The first-order chi connectivity index (χ1) is 6.13. The zero-order chi connectivity index (χ0) is 9.84.